The van der Waals surface area contributed by atoms with Gasteiger partial charge in [0, 0.05) is 16.8 Å². The van der Waals surface area contributed by atoms with Gasteiger partial charge in [-0.3, -0.25) is 0 Å². The molecule has 3 nitrogen and oxygen atoms in total. The second kappa shape index (κ2) is 6.13. The van der Waals surface area contributed by atoms with Gasteiger partial charge < -0.3 is 5.11 Å². The number of hydrogen-bond donors (Lipinski definition) is 1. The van der Waals surface area contributed by atoms with Crippen molar-refractivity contribution in [2.75, 3.05) is 0 Å². The van der Waals surface area contributed by atoms with Crippen molar-refractivity contribution in [1.29, 1.82) is 0 Å². The van der Waals surface area contributed by atoms with Crippen molar-refractivity contribution in [2.24, 2.45) is 0 Å². The predicted molar refractivity (Wildman–Crippen MR) is 90.0 cm³/mol. The zero-order valence-electron chi connectivity index (χ0n) is 13.7. The second-order valence-electron chi connectivity index (χ2n) is 6.04. The third-order valence-electron chi connectivity index (χ3n) is 4.24. The summed E-state index contributed by atoms with van der Waals surface area (Å²) in [4.78, 5) is 0. The Morgan fingerprint density at radius 3 is 2.39 bits per heavy atom. The molecule has 4 heteroatoms. The van der Waals surface area contributed by atoms with E-state index in [1.165, 1.54) is 12.1 Å². The maximum absolute atomic E-state index is 13.2. The molecule has 0 atom stereocenters. The van der Waals surface area contributed by atoms with Crippen molar-refractivity contribution >= 4 is 5.52 Å². The van der Waals surface area contributed by atoms with E-state index in [1.807, 2.05) is 4.52 Å². The van der Waals surface area contributed by atoms with Crippen LogP contribution in [0.25, 0.3) is 16.8 Å². The minimum Gasteiger partial charge on any atom is -0.392 e. The average Bonchev–Trinajstić information content (AvgIpc) is 2.96. The van der Waals surface area contributed by atoms with E-state index >= 15 is 0 Å². The number of aromatic nitrogens is 2. The highest BCUT2D eigenvalue weighted by Gasteiger charge is 2.19. The molecular formula is C19H21FN2O. The van der Waals surface area contributed by atoms with Gasteiger partial charge in [0.05, 0.1) is 17.8 Å². The number of aliphatic hydroxyl groups is 1. The van der Waals surface area contributed by atoms with Crippen LogP contribution in [0.4, 0.5) is 4.39 Å². The van der Waals surface area contributed by atoms with Gasteiger partial charge in [-0.2, -0.15) is 5.10 Å². The first kappa shape index (κ1) is 15.7. The first-order valence-corrected chi connectivity index (χ1v) is 7.97. The van der Waals surface area contributed by atoms with Crippen LogP contribution in [0, 0.1) is 5.82 Å². The van der Waals surface area contributed by atoms with Crippen molar-refractivity contribution < 1.29 is 9.50 Å². The Morgan fingerprint density at radius 1 is 1.13 bits per heavy atom. The Hall–Kier alpha value is -2.20. The maximum atomic E-state index is 13.2. The van der Waals surface area contributed by atoms with E-state index in [0.717, 1.165) is 40.0 Å². The van der Waals surface area contributed by atoms with E-state index in [-0.39, 0.29) is 18.3 Å². The molecule has 23 heavy (non-hydrogen) atoms. The summed E-state index contributed by atoms with van der Waals surface area (Å²) >= 11 is 0. The van der Waals surface area contributed by atoms with Crippen molar-refractivity contribution in [3.63, 3.8) is 0 Å². The monoisotopic (exact) mass is 312 g/mol. The molecule has 0 spiro atoms. The van der Waals surface area contributed by atoms with Crippen LogP contribution < -0.4 is 0 Å². The molecule has 0 aliphatic carbocycles. The third kappa shape index (κ3) is 2.63. The Morgan fingerprint density at radius 2 is 1.83 bits per heavy atom. The number of rotatable bonds is 4. The van der Waals surface area contributed by atoms with E-state index in [9.17, 15) is 9.50 Å². The molecule has 0 aliphatic rings. The van der Waals surface area contributed by atoms with Gasteiger partial charge in [0.1, 0.15) is 5.82 Å². The molecular weight excluding hydrogens is 291 g/mol. The van der Waals surface area contributed by atoms with Crippen LogP contribution in [0.3, 0.4) is 0 Å². The van der Waals surface area contributed by atoms with Gasteiger partial charge in [-0.25, -0.2) is 8.91 Å². The number of aryl methyl sites for hydroxylation is 1. The summed E-state index contributed by atoms with van der Waals surface area (Å²) in [6.07, 6.45) is 0.875. The van der Waals surface area contributed by atoms with Gasteiger partial charge in [0.25, 0.3) is 0 Å². The van der Waals surface area contributed by atoms with Crippen molar-refractivity contribution in [2.45, 2.75) is 39.7 Å². The van der Waals surface area contributed by atoms with Gasteiger partial charge >= 0.3 is 0 Å². The van der Waals surface area contributed by atoms with Crippen LogP contribution in [0.1, 0.15) is 43.5 Å². The van der Waals surface area contributed by atoms with Crippen LogP contribution >= 0.6 is 0 Å². The second-order valence-corrected chi connectivity index (χ2v) is 6.04. The fourth-order valence-corrected chi connectivity index (χ4v) is 3.15. The number of hydrogen-bond acceptors (Lipinski definition) is 2. The maximum Gasteiger partial charge on any atom is 0.123 e. The molecule has 0 saturated heterocycles. The summed E-state index contributed by atoms with van der Waals surface area (Å²) in [6, 6.07) is 10.4. The summed E-state index contributed by atoms with van der Waals surface area (Å²) < 4.78 is 15.2. The summed E-state index contributed by atoms with van der Waals surface area (Å²) in [5.74, 6) is -0.0267. The highest BCUT2D eigenvalue weighted by Crippen LogP contribution is 2.32. The van der Waals surface area contributed by atoms with Gasteiger partial charge in [-0.15, -0.1) is 0 Å². The topological polar surface area (TPSA) is 37.5 Å². The zero-order valence-corrected chi connectivity index (χ0v) is 13.7. The molecule has 120 valence electrons. The number of halogens is 1. The van der Waals surface area contributed by atoms with Gasteiger partial charge in [0.15, 0.2) is 0 Å². The SMILES string of the molecule is CCc1ccc2c(C(C)C)c(CO)c(-c3ccc(F)cc3)nn12. The highest BCUT2D eigenvalue weighted by atomic mass is 19.1. The normalized spacial score (nSPS) is 11.6. The summed E-state index contributed by atoms with van der Waals surface area (Å²) in [5, 5.41) is 14.7. The van der Waals surface area contributed by atoms with E-state index in [0.29, 0.717) is 0 Å². The Kier molecular flexibility index (Phi) is 4.18. The molecule has 0 fully saturated rings. The summed E-state index contributed by atoms with van der Waals surface area (Å²) in [7, 11) is 0. The molecule has 2 aromatic heterocycles. The minimum absolute atomic E-state index is 0.0869. The third-order valence-corrected chi connectivity index (χ3v) is 4.24. The molecule has 0 unspecified atom stereocenters. The lowest BCUT2D eigenvalue weighted by Crippen LogP contribution is -2.09. The molecule has 1 aromatic carbocycles. The standard InChI is InChI=1S/C19H21FN2O/c1-4-15-9-10-17-18(12(2)3)16(11-23)19(21-22(15)17)13-5-7-14(20)8-6-13/h5-10,12,23H,4,11H2,1-3H3. The van der Waals surface area contributed by atoms with Crippen molar-refractivity contribution in [3.8, 4) is 11.3 Å². The fraction of sp³-hybridized carbons (Fsp3) is 0.316. The van der Waals surface area contributed by atoms with Crippen LogP contribution in [-0.4, -0.2) is 14.7 Å². The highest BCUT2D eigenvalue weighted by molar-refractivity contribution is 5.71. The summed E-state index contributed by atoms with van der Waals surface area (Å²) in [5.41, 5.74) is 5.60. The number of nitrogens with zero attached hydrogens (tertiary/aromatic N) is 2. The molecule has 0 bridgehead atoms. The average molecular weight is 312 g/mol. The van der Waals surface area contributed by atoms with Crippen LogP contribution in [0.5, 0.6) is 0 Å². The van der Waals surface area contributed by atoms with Crippen LogP contribution in [0.2, 0.25) is 0 Å². The lowest BCUT2D eigenvalue weighted by molar-refractivity contribution is 0.280. The molecule has 1 N–H and O–H groups in total. The van der Waals surface area contributed by atoms with Gasteiger partial charge in [-0.05, 0) is 54.3 Å². The molecule has 0 radical (unpaired) electrons. The van der Waals surface area contributed by atoms with E-state index in [4.69, 9.17) is 5.10 Å². The zero-order chi connectivity index (χ0) is 16.6. The minimum atomic E-state index is -0.278. The number of benzene rings is 1. The summed E-state index contributed by atoms with van der Waals surface area (Å²) in [6.45, 7) is 6.23. The van der Waals surface area contributed by atoms with E-state index < -0.39 is 0 Å². The molecule has 3 rings (SSSR count). The first-order chi connectivity index (χ1) is 11.1. The quantitative estimate of drug-likeness (QED) is 0.779. The Bertz CT molecular complexity index is 835. The molecule has 0 aliphatic heterocycles. The number of aliphatic hydroxyl groups excluding tert-OH is 1. The molecule has 0 amide bonds. The Balaban J connectivity index is 2.37. The van der Waals surface area contributed by atoms with Gasteiger partial charge in [-0.1, -0.05) is 20.8 Å². The first-order valence-electron chi connectivity index (χ1n) is 7.97. The van der Waals surface area contributed by atoms with E-state index in [2.05, 4.69) is 32.9 Å². The largest absolute Gasteiger partial charge is 0.392 e. The molecule has 0 saturated carbocycles. The lowest BCUT2D eigenvalue weighted by Gasteiger charge is -2.18. The number of fused-ring (bicyclic) bond motifs is 1. The Labute approximate surface area is 135 Å². The van der Waals surface area contributed by atoms with Crippen LogP contribution in [0.15, 0.2) is 36.4 Å². The molecule has 3 aromatic rings. The lowest BCUT2D eigenvalue weighted by atomic mass is 9.94. The molecule has 2 heterocycles. The van der Waals surface area contributed by atoms with Crippen molar-refractivity contribution in [1.82, 2.24) is 9.61 Å². The van der Waals surface area contributed by atoms with E-state index in [1.54, 1.807) is 12.1 Å². The van der Waals surface area contributed by atoms with Gasteiger partial charge in [0.2, 0.25) is 0 Å². The fourth-order valence-electron chi connectivity index (χ4n) is 3.15. The van der Waals surface area contributed by atoms with Crippen molar-refractivity contribution in [3.05, 3.63) is 59.0 Å². The smallest absolute Gasteiger partial charge is 0.123 e. The van der Waals surface area contributed by atoms with Crippen LogP contribution in [-0.2, 0) is 13.0 Å². The predicted octanol–water partition coefficient (Wildman–Crippen LogP) is 4.32.